The molecule has 0 saturated heterocycles. The van der Waals surface area contributed by atoms with E-state index in [9.17, 15) is 51.8 Å². The topological polar surface area (TPSA) is 26.3 Å². The summed E-state index contributed by atoms with van der Waals surface area (Å²) < 4.78 is 121. The Hall–Kier alpha value is -0.175. The molecule has 0 rings (SSSR count). The first-order valence-electron chi connectivity index (χ1n) is 3.50. The molecule has 20 heavy (non-hydrogen) atoms. The summed E-state index contributed by atoms with van der Waals surface area (Å²) in [5, 5.41) is 0. The first kappa shape index (κ1) is 32.0. The first-order valence-corrected chi connectivity index (χ1v) is 3.50. The molecule has 0 aromatic rings. The molecule has 2 nitrogen and oxygen atoms in total. The Kier molecular flexibility index (Phi) is 24.3. The number of carbonyl (C=O) groups excluding carboxylic acids is 1. The second-order valence-electron chi connectivity index (χ2n) is 1.82. The van der Waals surface area contributed by atoms with Crippen molar-refractivity contribution in [2.45, 2.75) is 0 Å². The van der Waals surface area contributed by atoms with E-state index in [0.717, 1.165) is 0 Å². The third-order valence-corrected chi connectivity index (χ3v) is 0.0962. The van der Waals surface area contributed by atoms with Gasteiger partial charge in [-0.3, -0.25) is 4.79 Å². The zero-order chi connectivity index (χ0) is 16.9. The summed E-state index contributed by atoms with van der Waals surface area (Å²) in [5.74, 6) is 0. The van der Waals surface area contributed by atoms with E-state index in [1.54, 1.807) is 0 Å². The van der Waals surface area contributed by atoms with E-state index < -0.39 is 21.8 Å². The molecule has 0 spiro atoms. The van der Waals surface area contributed by atoms with E-state index >= 15 is 0 Å². The molecular weight excluding hydrogens is 339 g/mol. The minimum absolute atomic E-state index is 0. The Balaban J connectivity index is -0.0000000494. The van der Waals surface area contributed by atoms with Gasteiger partial charge in [-0.25, -0.2) is 0 Å². The molecule has 18 heteroatoms. The number of carbonyl (C=O) groups is 1. The van der Waals surface area contributed by atoms with Crippen molar-refractivity contribution in [2.24, 2.45) is 0 Å². The monoisotopic (exact) mass is 345 g/mol. The van der Waals surface area contributed by atoms with Gasteiger partial charge >= 0.3 is 51.3 Å². The SMILES string of the molecule is COC=O.F[B-](F)(F)F.F[B-](F)(F)F.F[B-](F)(F)F.[NaH]. The first-order chi connectivity index (χ1) is 7.91. The van der Waals surface area contributed by atoms with Crippen LogP contribution in [-0.2, 0) is 9.53 Å². The molecule has 0 amide bonds. The second-order valence-corrected chi connectivity index (χ2v) is 1.82. The zero-order valence-electron chi connectivity index (χ0n) is 8.66. The van der Waals surface area contributed by atoms with Crippen LogP contribution in [0.3, 0.4) is 0 Å². The van der Waals surface area contributed by atoms with Crippen LogP contribution < -0.4 is 0 Å². The predicted octanol–water partition coefficient (Wildman–Crippen LogP) is 3.04. The van der Waals surface area contributed by atoms with Crippen molar-refractivity contribution in [1.82, 2.24) is 0 Å². The van der Waals surface area contributed by atoms with Gasteiger partial charge < -0.3 is 56.5 Å². The molecule has 0 saturated carbocycles. The molecule has 0 fully saturated rings. The van der Waals surface area contributed by atoms with Gasteiger partial charge in [0.2, 0.25) is 0 Å². The van der Waals surface area contributed by atoms with Gasteiger partial charge in [0.15, 0.2) is 0 Å². The van der Waals surface area contributed by atoms with Gasteiger partial charge in [-0.05, 0) is 0 Å². The van der Waals surface area contributed by atoms with Gasteiger partial charge in [0.25, 0.3) is 6.47 Å². The fourth-order valence-electron chi connectivity index (χ4n) is 0. The van der Waals surface area contributed by atoms with Crippen molar-refractivity contribution < 1.29 is 61.3 Å². The van der Waals surface area contributed by atoms with Crippen molar-refractivity contribution >= 4 is 57.8 Å². The number of hydrogen-bond acceptors (Lipinski definition) is 2. The van der Waals surface area contributed by atoms with Crippen LogP contribution in [0.4, 0.5) is 51.8 Å². The summed E-state index contributed by atoms with van der Waals surface area (Å²) in [4.78, 5) is 8.95. The summed E-state index contributed by atoms with van der Waals surface area (Å²) in [6.07, 6.45) is 0. The van der Waals surface area contributed by atoms with Crippen molar-refractivity contribution in [3.05, 3.63) is 0 Å². The standard InChI is InChI=1S/C2H4O2.3BF4.Na.H/c1-4-2-3;3*2-1(3,4)5;;/h2H,1H3;;;;;/q;3*-1;;. The van der Waals surface area contributed by atoms with Crippen LogP contribution in [0.1, 0.15) is 0 Å². The van der Waals surface area contributed by atoms with Gasteiger partial charge in [0.1, 0.15) is 0 Å². The maximum absolute atomic E-state index is 9.75. The van der Waals surface area contributed by atoms with Crippen molar-refractivity contribution in [3.8, 4) is 0 Å². The molecule has 0 unspecified atom stereocenters. The van der Waals surface area contributed by atoms with E-state index in [1.165, 1.54) is 7.11 Å². The fourth-order valence-corrected chi connectivity index (χ4v) is 0. The van der Waals surface area contributed by atoms with Gasteiger partial charge in [-0.1, -0.05) is 0 Å². The molecule has 0 bridgehead atoms. The Labute approximate surface area is 126 Å². The zero-order valence-corrected chi connectivity index (χ0v) is 8.66. The van der Waals surface area contributed by atoms with Crippen molar-refractivity contribution in [3.63, 3.8) is 0 Å². The second kappa shape index (κ2) is 15.2. The summed E-state index contributed by atoms with van der Waals surface area (Å²) in [7, 11) is -16.7. The third kappa shape index (κ3) is 7420. The Morgan fingerprint density at radius 1 is 0.650 bits per heavy atom. The molecule has 0 aliphatic heterocycles. The molecule has 0 atom stereocenters. The van der Waals surface area contributed by atoms with E-state index in [1.807, 2.05) is 0 Å². The van der Waals surface area contributed by atoms with Crippen LogP contribution >= 0.6 is 0 Å². The van der Waals surface area contributed by atoms with Crippen LogP contribution in [-0.4, -0.2) is 64.9 Å². The van der Waals surface area contributed by atoms with Crippen LogP contribution in [0, 0.1) is 0 Å². The Bertz CT molecular complexity index is 154. The fraction of sp³-hybridized carbons (Fsp3) is 0.500. The van der Waals surface area contributed by atoms with Crippen LogP contribution in [0.5, 0.6) is 0 Å². The summed E-state index contributed by atoms with van der Waals surface area (Å²) >= 11 is 0. The van der Waals surface area contributed by atoms with Crippen LogP contribution in [0.15, 0.2) is 0 Å². The normalized spacial score (nSPS) is 10.1. The number of rotatable bonds is 1. The average Bonchev–Trinajstić information content (AvgIpc) is 1.93. The molecule has 122 valence electrons. The quantitative estimate of drug-likeness (QED) is 0.415. The predicted molar refractivity (Wildman–Crippen MR) is 50.8 cm³/mol. The maximum atomic E-state index is 9.75. The average molecular weight is 344 g/mol. The molecule has 0 heterocycles. The number of methoxy groups -OCH3 is 1. The molecule has 0 aliphatic rings. The van der Waals surface area contributed by atoms with Gasteiger partial charge in [-0.2, -0.15) is 0 Å². The van der Waals surface area contributed by atoms with Crippen molar-refractivity contribution in [1.29, 1.82) is 0 Å². The number of hydrogen-bond donors (Lipinski definition) is 0. The third-order valence-electron chi connectivity index (χ3n) is 0.0962. The summed E-state index contributed by atoms with van der Waals surface area (Å²) in [6, 6.07) is 0. The van der Waals surface area contributed by atoms with Crippen LogP contribution in [0.25, 0.3) is 0 Å². The van der Waals surface area contributed by atoms with E-state index in [4.69, 9.17) is 4.79 Å². The van der Waals surface area contributed by atoms with E-state index in [-0.39, 0.29) is 29.6 Å². The number of ether oxygens (including phenoxy) is 1. The van der Waals surface area contributed by atoms with E-state index in [0.29, 0.717) is 6.47 Å². The van der Waals surface area contributed by atoms with Crippen LogP contribution in [0.2, 0.25) is 0 Å². The summed E-state index contributed by atoms with van der Waals surface area (Å²) in [5.41, 5.74) is 0. The molecular formula is C2H5B3F12NaO2-3. The molecule has 0 aromatic heterocycles. The number of halogens is 12. The Morgan fingerprint density at radius 2 is 0.700 bits per heavy atom. The Morgan fingerprint density at radius 3 is 0.700 bits per heavy atom. The molecule has 0 aliphatic carbocycles. The van der Waals surface area contributed by atoms with Gasteiger partial charge in [-0.15, -0.1) is 0 Å². The molecule has 0 radical (unpaired) electrons. The minimum atomic E-state index is -6.00. The van der Waals surface area contributed by atoms with E-state index in [2.05, 4.69) is 4.74 Å². The van der Waals surface area contributed by atoms with Gasteiger partial charge in [0, 0.05) is 0 Å². The molecule has 0 aromatic carbocycles. The summed E-state index contributed by atoms with van der Waals surface area (Å²) in [6.45, 7) is 0.375. The van der Waals surface area contributed by atoms with Gasteiger partial charge in [0.05, 0.1) is 7.11 Å². The van der Waals surface area contributed by atoms with Crippen molar-refractivity contribution in [2.75, 3.05) is 7.11 Å². The molecule has 0 N–H and O–H groups in total.